The summed E-state index contributed by atoms with van der Waals surface area (Å²) in [6.45, 7) is 0.829. The standard InChI is InChI=1S/C17H15FN4O/c18-15-6-3-13(4-7-15)5-8-16(23)20-10-11-22-17-14(12-19)2-1-9-21-17/h1-9H,10-11H2,(H,20,23)(H,21,22)/b8-5-. The van der Waals surface area contributed by atoms with Crippen molar-refractivity contribution in [2.75, 3.05) is 18.4 Å². The lowest BCUT2D eigenvalue weighted by Crippen LogP contribution is -2.27. The number of benzene rings is 1. The molecule has 0 saturated heterocycles. The molecule has 0 radical (unpaired) electrons. The van der Waals surface area contributed by atoms with Crippen LogP contribution in [0.25, 0.3) is 6.08 Å². The number of anilines is 1. The number of nitriles is 1. The third-order valence-corrected chi connectivity index (χ3v) is 2.94. The van der Waals surface area contributed by atoms with E-state index in [0.717, 1.165) is 5.56 Å². The first-order chi connectivity index (χ1) is 11.2. The molecule has 2 aromatic rings. The number of halogens is 1. The van der Waals surface area contributed by atoms with Gasteiger partial charge in [-0.05, 0) is 35.9 Å². The predicted molar refractivity (Wildman–Crippen MR) is 85.9 cm³/mol. The summed E-state index contributed by atoms with van der Waals surface area (Å²) in [6, 6.07) is 11.2. The molecular weight excluding hydrogens is 295 g/mol. The zero-order valence-corrected chi connectivity index (χ0v) is 12.3. The maximum absolute atomic E-state index is 12.7. The van der Waals surface area contributed by atoms with Gasteiger partial charge in [0.2, 0.25) is 5.91 Å². The van der Waals surface area contributed by atoms with Crippen LogP contribution in [0, 0.1) is 17.1 Å². The Morgan fingerprint density at radius 3 is 2.78 bits per heavy atom. The van der Waals surface area contributed by atoms with E-state index in [9.17, 15) is 9.18 Å². The van der Waals surface area contributed by atoms with Gasteiger partial charge in [-0.1, -0.05) is 12.1 Å². The SMILES string of the molecule is N#Cc1cccnc1NCCNC(=O)/C=C\c1ccc(F)cc1. The summed E-state index contributed by atoms with van der Waals surface area (Å²) < 4.78 is 12.7. The van der Waals surface area contributed by atoms with Gasteiger partial charge in [-0.3, -0.25) is 4.79 Å². The Morgan fingerprint density at radius 2 is 2.04 bits per heavy atom. The normalized spacial score (nSPS) is 10.3. The molecule has 116 valence electrons. The molecule has 5 nitrogen and oxygen atoms in total. The van der Waals surface area contributed by atoms with Crippen molar-refractivity contribution in [3.63, 3.8) is 0 Å². The molecule has 0 saturated carbocycles. The lowest BCUT2D eigenvalue weighted by atomic mass is 10.2. The second-order valence-electron chi connectivity index (χ2n) is 4.61. The molecule has 0 bridgehead atoms. The molecule has 0 spiro atoms. The average molecular weight is 310 g/mol. The lowest BCUT2D eigenvalue weighted by molar-refractivity contribution is -0.116. The Morgan fingerprint density at radius 1 is 1.26 bits per heavy atom. The minimum Gasteiger partial charge on any atom is -0.367 e. The molecule has 0 aliphatic carbocycles. The quantitative estimate of drug-likeness (QED) is 0.634. The van der Waals surface area contributed by atoms with Crippen molar-refractivity contribution in [2.24, 2.45) is 0 Å². The molecule has 1 aromatic carbocycles. The molecule has 1 aromatic heterocycles. The van der Waals surface area contributed by atoms with Gasteiger partial charge in [0, 0.05) is 25.4 Å². The van der Waals surface area contributed by atoms with Crippen LogP contribution in [0.3, 0.4) is 0 Å². The van der Waals surface area contributed by atoms with Gasteiger partial charge in [-0.25, -0.2) is 9.37 Å². The summed E-state index contributed by atoms with van der Waals surface area (Å²) in [5.41, 5.74) is 1.20. The molecule has 1 heterocycles. The lowest BCUT2D eigenvalue weighted by Gasteiger charge is -2.07. The van der Waals surface area contributed by atoms with Gasteiger partial charge in [0.05, 0.1) is 5.56 Å². The van der Waals surface area contributed by atoms with Crippen LogP contribution in [0.5, 0.6) is 0 Å². The predicted octanol–water partition coefficient (Wildman–Crippen LogP) is 2.33. The van der Waals surface area contributed by atoms with Crippen LogP contribution in [0.4, 0.5) is 10.2 Å². The second kappa shape index (κ2) is 8.29. The van der Waals surface area contributed by atoms with E-state index in [1.54, 1.807) is 36.5 Å². The van der Waals surface area contributed by atoms with Crippen molar-refractivity contribution >= 4 is 17.8 Å². The van der Waals surface area contributed by atoms with Crippen LogP contribution in [0.2, 0.25) is 0 Å². The van der Waals surface area contributed by atoms with Gasteiger partial charge in [0.15, 0.2) is 0 Å². The molecule has 1 amide bonds. The zero-order valence-electron chi connectivity index (χ0n) is 12.3. The minimum atomic E-state index is -0.316. The summed E-state index contributed by atoms with van der Waals surface area (Å²) in [5, 5.41) is 14.6. The van der Waals surface area contributed by atoms with Crippen LogP contribution < -0.4 is 10.6 Å². The van der Waals surface area contributed by atoms with Gasteiger partial charge < -0.3 is 10.6 Å². The van der Waals surface area contributed by atoms with Crippen molar-refractivity contribution in [3.8, 4) is 6.07 Å². The second-order valence-corrected chi connectivity index (χ2v) is 4.61. The van der Waals surface area contributed by atoms with Gasteiger partial charge in [0.25, 0.3) is 0 Å². The highest BCUT2D eigenvalue weighted by Gasteiger charge is 2.01. The smallest absolute Gasteiger partial charge is 0.244 e. The van der Waals surface area contributed by atoms with E-state index in [-0.39, 0.29) is 11.7 Å². The van der Waals surface area contributed by atoms with Gasteiger partial charge in [-0.2, -0.15) is 5.26 Å². The van der Waals surface area contributed by atoms with E-state index in [4.69, 9.17) is 5.26 Å². The molecule has 2 N–H and O–H groups in total. The van der Waals surface area contributed by atoms with Crippen molar-refractivity contribution in [1.82, 2.24) is 10.3 Å². The molecule has 6 heteroatoms. The first-order valence-electron chi connectivity index (χ1n) is 6.99. The highest BCUT2D eigenvalue weighted by atomic mass is 19.1. The fourth-order valence-electron chi connectivity index (χ4n) is 1.81. The molecule has 0 atom stereocenters. The van der Waals surface area contributed by atoms with E-state index in [2.05, 4.69) is 15.6 Å². The number of nitrogens with zero attached hydrogens (tertiary/aromatic N) is 2. The molecule has 23 heavy (non-hydrogen) atoms. The van der Waals surface area contributed by atoms with Crippen molar-refractivity contribution in [2.45, 2.75) is 0 Å². The summed E-state index contributed by atoms with van der Waals surface area (Å²) in [4.78, 5) is 15.7. The molecule has 0 unspecified atom stereocenters. The monoisotopic (exact) mass is 310 g/mol. The Labute approximate surface area is 133 Å². The summed E-state index contributed by atoms with van der Waals surface area (Å²) in [5.74, 6) is -0.0762. The van der Waals surface area contributed by atoms with Crippen molar-refractivity contribution < 1.29 is 9.18 Å². The number of aromatic nitrogens is 1. The average Bonchev–Trinajstić information content (AvgIpc) is 2.58. The fourth-order valence-corrected chi connectivity index (χ4v) is 1.81. The number of rotatable bonds is 6. The highest BCUT2D eigenvalue weighted by molar-refractivity contribution is 5.91. The van der Waals surface area contributed by atoms with Gasteiger partial charge >= 0.3 is 0 Å². The number of pyridine rings is 1. The largest absolute Gasteiger partial charge is 0.367 e. The first-order valence-corrected chi connectivity index (χ1v) is 6.99. The van der Waals surface area contributed by atoms with Crippen LogP contribution in [0.1, 0.15) is 11.1 Å². The topological polar surface area (TPSA) is 77.8 Å². The van der Waals surface area contributed by atoms with Crippen LogP contribution in [-0.2, 0) is 4.79 Å². The third kappa shape index (κ3) is 5.25. The number of amides is 1. The Kier molecular flexibility index (Phi) is 5.83. The summed E-state index contributed by atoms with van der Waals surface area (Å²) >= 11 is 0. The molecule has 0 aliphatic rings. The molecule has 0 aliphatic heterocycles. The van der Waals surface area contributed by atoms with Crippen LogP contribution >= 0.6 is 0 Å². The molecule has 0 fully saturated rings. The minimum absolute atomic E-state index is 0.252. The third-order valence-electron chi connectivity index (χ3n) is 2.94. The Bertz CT molecular complexity index is 735. The van der Waals surface area contributed by atoms with Gasteiger partial charge in [-0.15, -0.1) is 0 Å². The Balaban J connectivity index is 1.75. The van der Waals surface area contributed by atoms with Crippen LogP contribution in [-0.4, -0.2) is 24.0 Å². The maximum Gasteiger partial charge on any atom is 0.244 e. The van der Waals surface area contributed by atoms with E-state index in [1.165, 1.54) is 18.2 Å². The Hall–Kier alpha value is -3.20. The summed E-state index contributed by atoms with van der Waals surface area (Å²) in [7, 11) is 0. The highest BCUT2D eigenvalue weighted by Crippen LogP contribution is 2.08. The fraction of sp³-hybridized carbons (Fsp3) is 0.118. The number of carbonyl (C=O) groups excluding carboxylic acids is 1. The van der Waals surface area contributed by atoms with E-state index >= 15 is 0 Å². The van der Waals surface area contributed by atoms with E-state index in [1.807, 2.05) is 6.07 Å². The van der Waals surface area contributed by atoms with E-state index in [0.29, 0.717) is 24.5 Å². The van der Waals surface area contributed by atoms with E-state index < -0.39 is 0 Å². The van der Waals surface area contributed by atoms with Gasteiger partial charge in [0.1, 0.15) is 17.7 Å². The number of hydrogen-bond acceptors (Lipinski definition) is 4. The first kappa shape index (κ1) is 16.2. The molecular formula is C17H15FN4O. The number of carbonyl (C=O) groups is 1. The molecule has 2 rings (SSSR count). The summed E-state index contributed by atoms with van der Waals surface area (Å²) in [6.07, 6.45) is 4.58. The number of nitrogens with one attached hydrogen (secondary N) is 2. The van der Waals surface area contributed by atoms with Crippen molar-refractivity contribution in [1.29, 1.82) is 5.26 Å². The van der Waals surface area contributed by atoms with Crippen molar-refractivity contribution in [3.05, 3.63) is 65.6 Å². The van der Waals surface area contributed by atoms with Crippen LogP contribution in [0.15, 0.2) is 48.7 Å². The maximum atomic E-state index is 12.7. The number of hydrogen-bond donors (Lipinski definition) is 2. The zero-order chi connectivity index (χ0) is 16.5.